The number of aryl methyl sites for hydroxylation is 1. The molecule has 1 saturated heterocycles. The molecule has 0 radical (unpaired) electrons. The van der Waals surface area contributed by atoms with Crippen molar-refractivity contribution in [2.45, 2.75) is 32.5 Å². The van der Waals surface area contributed by atoms with Crippen LogP contribution in [0.5, 0.6) is 5.75 Å². The number of hydrogen-bond donors (Lipinski definition) is 1. The number of rotatable bonds is 5. The van der Waals surface area contributed by atoms with Crippen molar-refractivity contribution in [2.75, 3.05) is 11.9 Å². The first-order chi connectivity index (χ1) is 11.5. The van der Waals surface area contributed by atoms with E-state index in [2.05, 4.69) is 15.0 Å². The average molecular weight is 354 g/mol. The molecule has 0 spiro atoms. The molecule has 0 saturated carbocycles. The molecule has 5 nitrogen and oxygen atoms in total. The largest absolute Gasteiger partial charge is 0.435 e. The zero-order valence-electron chi connectivity index (χ0n) is 12.9. The third-order valence-electron chi connectivity index (χ3n) is 3.60. The maximum absolute atomic E-state index is 12.2. The molecule has 1 atom stereocenters. The molecule has 24 heavy (non-hydrogen) atoms. The van der Waals surface area contributed by atoms with Crippen LogP contribution in [0.2, 0.25) is 0 Å². The number of hydrogen-bond acceptors (Lipinski definition) is 5. The van der Waals surface area contributed by atoms with Gasteiger partial charge in [-0.25, -0.2) is 4.98 Å². The van der Waals surface area contributed by atoms with Crippen molar-refractivity contribution >= 4 is 22.4 Å². The topological polar surface area (TPSA) is 60.5 Å². The van der Waals surface area contributed by atoms with E-state index in [1.807, 2.05) is 6.92 Å². The molecule has 1 amide bonds. The molecule has 1 fully saturated rings. The molecular weight excluding hydrogens is 338 g/mol. The Morgan fingerprint density at radius 2 is 2.17 bits per heavy atom. The van der Waals surface area contributed by atoms with Gasteiger partial charge in [-0.05, 0) is 44.0 Å². The molecule has 2 aromatic rings. The predicted octanol–water partition coefficient (Wildman–Crippen LogP) is 3.84. The maximum atomic E-state index is 12.2. The fourth-order valence-corrected chi connectivity index (χ4v) is 3.32. The molecule has 128 valence electrons. The Balaban J connectivity index is 1.72. The van der Waals surface area contributed by atoms with Gasteiger partial charge in [-0.1, -0.05) is 0 Å². The standard InChI is InChI=1S/C16H16F2N2O3S/c1-9-13(10-4-6-11(7-5-10)23-15(17)18)19-16(24-9)20-14(21)12-3-2-8-22-12/h4-7,12,15H,2-3,8H2,1H3,(H,19,20,21). The Hall–Kier alpha value is -2.06. The normalized spacial score (nSPS) is 17.2. The number of nitrogens with zero attached hydrogens (tertiary/aromatic N) is 1. The monoisotopic (exact) mass is 354 g/mol. The number of benzene rings is 1. The summed E-state index contributed by atoms with van der Waals surface area (Å²) in [6, 6.07) is 6.24. The van der Waals surface area contributed by atoms with Crippen LogP contribution in [-0.4, -0.2) is 30.2 Å². The molecule has 0 bridgehead atoms. The van der Waals surface area contributed by atoms with E-state index in [0.717, 1.165) is 16.9 Å². The third-order valence-corrected chi connectivity index (χ3v) is 4.49. The highest BCUT2D eigenvalue weighted by molar-refractivity contribution is 7.16. The van der Waals surface area contributed by atoms with Gasteiger partial charge in [0.15, 0.2) is 5.13 Å². The van der Waals surface area contributed by atoms with Crippen LogP contribution in [-0.2, 0) is 9.53 Å². The van der Waals surface area contributed by atoms with E-state index in [1.54, 1.807) is 12.1 Å². The smallest absolute Gasteiger partial charge is 0.387 e. The first-order valence-electron chi connectivity index (χ1n) is 7.48. The van der Waals surface area contributed by atoms with Crippen LogP contribution >= 0.6 is 11.3 Å². The van der Waals surface area contributed by atoms with E-state index in [-0.39, 0.29) is 11.7 Å². The van der Waals surface area contributed by atoms with Crippen LogP contribution in [0.15, 0.2) is 24.3 Å². The van der Waals surface area contributed by atoms with Crippen molar-refractivity contribution in [3.8, 4) is 17.0 Å². The van der Waals surface area contributed by atoms with Crippen molar-refractivity contribution in [1.82, 2.24) is 4.98 Å². The lowest BCUT2D eigenvalue weighted by molar-refractivity contribution is -0.124. The Labute approximate surface area is 141 Å². The number of aromatic nitrogens is 1. The number of thiazole rings is 1. The summed E-state index contributed by atoms with van der Waals surface area (Å²) in [6.45, 7) is -0.359. The zero-order chi connectivity index (χ0) is 17.1. The summed E-state index contributed by atoms with van der Waals surface area (Å²) in [4.78, 5) is 17.4. The van der Waals surface area contributed by atoms with E-state index < -0.39 is 12.7 Å². The minimum atomic E-state index is -2.85. The van der Waals surface area contributed by atoms with Gasteiger partial charge in [0.25, 0.3) is 5.91 Å². The summed E-state index contributed by atoms with van der Waals surface area (Å²) in [5.74, 6) is -0.0953. The number of halogens is 2. The maximum Gasteiger partial charge on any atom is 0.387 e. The van der Waals surface area contributed by atoms with E-state index in [4.69, 9.17) is 4.74 Å². The SMILES string of the molecule is Cc1sc(NC(=O)C2CCCO2)nc1-c1ccc(OC(F)F)cc1. The van der Waals surface area contributed by atoms with Gasteiger partial charge in [0.1, 0.15) is 11.9 Å². The molecule has 1 aromatic heterocycles. The van der Waals surface area contributed by atoms with Crippen molar-refractivity contribution in [3.05, 3.63) is 29.1 Å². The second-order valence-corrected chi connectivity index (χ2v) is 6.52. The molecule has 1 aromatic carbocycles. The molecular formula is C16H16F2N2O3S. The van der Waals surface area contributed by atoms with Crippen LogP contribution in [0.3, 0.4) is 0 Å². The van der Waals surface area contributed by atoms with E-state index >= 15 is 0 Å². The lowest BCUT2D eigenvalue weighted by Crippen LogP contribution is -2.26. The minimum Gasteiger partial charge on any atom is -0.435 e. The summed E-state index contributed by atoms with van der Waals surface area (Å²) in [5, 5.41) is 3.27. The number of ether oxygens (including phenoxy) is 2. The fraction of sp³-hybridized carbons (Fsp3) is 0.375. The molecule has 1 aliphatic rings. The summed E-state index contributed by atoms with van der Waals surface area (Å²) in [6.07, 6.45) is 1.19. The third kappa shape index (κ3) is 3.88. The number of alkyl halides is 2. The molecule has 1 N–H and O–H groups in total. The predicted molar refractivity (Wildman–Crippen MR) is 86.5 cm³/mol. The molecule has 1 aliphatic heterocycles. The summed E-state index contributed by atoms with van der Waals surface area (Å²) in [7, 11) is 0. The van der Waals surface area contributed by atoms with Crippen molar-refractivity contribution in [3.63, 3.8) is 0 Å². The summed E-state index contributed by atoms with van der Waals surface area (Å²) in [5.41, 5.74) is 1.47. The number of amides is 1. The molecule has 2 heterocycles. The molecule has 1 unspecified atom stereocenters. The van der Waals surface area contributed by atoms with Crippen LogP contribution in [0, 0.1) is 6.92 Å². The van der Waals surface area contributed by atoms with Crippen molar-refractivity contribution in [2.24, 2.45) is 0 Å². The highest BCUT2D eigenvalue weighted by Crippen LogP contribution is 2.32. The quantitative estimate of drug-likeness (QED) is 0.886. The zero-order valence-corrected chi connectivity index (χ0v) is 13.7. The van der Waals surface area contributed by atoms with E-state index in [9.17, 15) is 13.6 Å². The number of carbonyl (C=O) groups excluding carboxylic acids is 1. The van der Waals surface area contributed by atoms with E-state index in [1.165, 1.54) is 23.5 Å². The van der Waals surface area contributed by atoms with Gasteiger partial charge in [0.05, 0.1) is 5.69 Å². The van der Waals surface area contributed by atoms with Crippen molar-refractivity contribution in [1.29, 1.82) is 0 Å². The first kappa shape index (κ1) is 16.8. The lowest BCUT2D eigenvalue weighted by atomic mass is 10.1. The lowest BCUT2D eigenvalue weighted by Gasteiger charge is -2.07. The second-order valence-electron chi connectivity index (χ2n) is 5.32. The Kier molecular flexibility index (Phi) is 5.06. The molecule has 3 rings (SSSR count). The Morgan fingerprint density at radius 3 is 2.79 bits per heavy atom. The van der Waals surface area contributed by atoms with Crippen LogP contribution in [0.4, 0.5) is 13.9 Å². The second kappa shape index (κ2) is 7.23. The minimum absolute atomic E-state index is 0.0912. The van der Waals surface area contributed by atoms with Crippen LogP contribution < -0.4 is 10.1 Å². The van der Waals surface area contributed by atoms with Crippen molar-refractivity contribution < 1.29 is 23.0 Å². The van der Waals surface area contributed by atoms with E-state index in [0.29, 0.717) is 23.9 Å². The first-order valence-corrected chi connectivity index (χ1v) is 8.30. The molecule has 8 heteroatoms. The van der Waals surface area contributed by atoms with Gasteiger partial charge >= 0.3 is 6.61 Å². The number of carbonyl (C=O) groups is 1. The molecule has 0 aliphatic carbocycles. The Morgan fingerprint density at radius 1 is 1.42 bits per heavy atom. The highest BCUT2D eigenvalue weighted by atomic mass is 32.1. The van der Waals surface area contributed by atoms with Crippen LogP contribution in [0.25, 0.3) is 11.3 Å². The number of anilines is 1. The van der Waals surface area contributed by atoms with Gasteiger partial charge in [-0.2, -0.15) is 8.78 Å². The Bertz CT molecular complexity index is 713. The van der Waals surface area contributed by atoms with Gasteiger partial charge in [-0.3, -0.25) is 10.1 Å². The van der Waals surface area contributed by atoms with Gasteiger partial charge < -0.3 is 9.47 Å². The van der Waals surface area contributed by atoms with Gasteiger partial charge in [-0.15, -0.1) is 11.3 Å². The average Bonchev–Trinajstić information content (AvgIpc) is 3.17. The number of nitrogens with one attached hydrogen (secondary N) is 1. The van der Waals surface area contributed by atoms with Gasteiger partial charge in [0.2, 0.25) is 0 Å². The van der Waals surface area contributed by atoms with Gasteiger partial charge in [0, 0.05) is 17.0 Å². The summed E-state index contributed by atoms with van der Waals surface area (Å²) >= 11 is 1.36. The highest BCUT2D eigenvalue weighted by Gasteiger charge is 2.24. The summed E-state index contributed by atoms with van der Waals surface area (Å²) < 4.78 is 34.0. The fourth-order valence-electron chi connectivity index (χ4n) is 2.48. The van der Waals surface area contributed by atoms with Crippen LogP contribution in [0.1, 0.15) is 17.7 Å².